The molecule has 2 aromatic heterocycles. The van der Waals surface area contributed by atoms with Gasteiger partial charge in [-0.05, 0) is 38.8 Å². The van der Waals surface area contributed by atoms with E-state index in [1.807, 2.05) is 18.5 Å². The van der Waals surface area contributed by atoms with Gasteiger partial charge >= 0.3 is 0 Å². The zero-order chi connectivity index (χ0) is 19.3. The molecule has 1 amide bonds. The summed E-state index contributed by atoms with van der Waals surface area (Å²) in [6, 6.07) is 6.65. The molecule has 0 unspecified atom stereocenters. The number of hydrogen-bond donors (Lipinski definition) is 0. The van der Waals surface area contributed by atoms with Gasteiger partial charge in [-0.25, -0.2) is 9.67 Å². The third-order valence-electron chi connectivity index (χ3n) is 4.90. The first-order valence-electron chi connectivity index (χ1n) is 8.81. The molecule has 27 heavy (non-hydrogen) atoms. The quantitative estimate of drug-likeness (QED) is 0.523. The number of amides is 1. The van der Waals surface area contributed by atoms with E-state index >= 15 is 0 Å². The first kappa shape index (κ1) is 17.1. The first-order chi connectivity index (χ1) is 12.9. The van der Waals surface area contributed by atoms with Crippen molar-refractivity contribution in [3.63, 3.8) is 0 Å². The largest absolute Gasteiger partial charge is 0.307 e. The molecular formula is C19H19N5O3. The van der Waals surface area contributed by atoms with Crippen molar-refractivity contribution in [1.82, 2.24) is 14.8 Å². The number of non-ortho nitro benzene ring substituents is 1. The van der Waals surface area contributed by atoms with Gasteiger partial charge < -0.3 is 4.90 Å². The molecule has 0 aliphatic carbocycles. The van der Waals surface area contributed by atoms with Crippen molar-refractivity contribution in [2.45, 2.75) is 33.2 Å². The van der Waals surface area contributed by atoms with Crippen LogP contribution < -0.4 is 4.90 Å². The van der Waals surface area contributed by atoms with Crippen LogP contribution in [0.4, 0.5) is 11.4 Å². The maximum Gasteiger partial charge on any atom is 0.271 e. The number of anilines is 1. The number of carbonyl (C=O) groups excluding carboxylic acids is 1. The average molecular weight is 365 g/mol. The zero-order valence-electron chi connectivity index (χ0n) is 15.3. The van der Waals surface area contributed by atoms with Gasteiger partial charge in [0, 0.05) is 30.1 Å². The lowest BCUT2D eigenvalue weighted by Crippen LogP contribution is -2.29. The van der Waals surface area contributed by atoms with Crippen LogP contribution in [0.15, 0.2) is 30.5 Å². The molecule has 8 nitrogen and oxygen atoms in total. The SMILES string of the molecule is Cc1nc2c(cnn2C(C)C)cc1C(=O)N1CCc2ccc([N+](=O)[O-])cc21. The Bertz CT molecular complexity index is 1090. The maximum atomic E-state index is 13.2. The van der Waals surface area contributed by atoms with Crippen LogP contribution in [0.25, 0.3) is 11.0 Å². The van der Waals surface area contributed by atoms with Crippen LogP contribution in [-0.4, -0.2) is 32.1 Å². The van der Waals surface area contributed by atoms with Crippen molar-refractivity contribution >= 4 is 28.3 Å². The predicted molar refractivity (Wildman–Crippen MR) is 101 cm³/mol. The van der Waals surface area contributed by atoms with E-state index in [0.717, 1.165) is 16.6 Å². The minimum absolute atomic E-state index is 0.0167. The fourth-order valence-corrected chi connectivity index (χ4v) is 3.50. The number of carbonyl (C=O) groups is 1. The van der Waals surface area contributed by atoms with Crippen LogP contribution in [0.3, 0.4) is 0 Å². The van der Waals surface area contributed by atoms with E-state index < -0.39 is 4.92 Å². The summed E-state index contributed by atoms with van der Waals surface area (Å²) in [7, 11) is 0. The normalized spacial score (nSPS) is 13.4. The number of nitrogens with zero attached hydrogens (tertiary/aromatic N) is 5. The van der Waals surface area contributed by atoms with Crippen molar-refractivity contribution < 1.29 is 9.72 Å². The van der Waals surface area contributed by atoms with Gasteiger partial charge in [0.05, 0.1) is 28.1 Å². The lowest BCUT2D eigenvalue weighted by Gasteiger charge is -2.18. The molecule has 0 spiro atoms. The summed E-state index contributed by atoms with van der Waals surface area (Å²) < 4.78 is 1.82. The lowest BCUT2D eigenvalue weighted by molar-refractivity contribution is -0.384. The van der Waals surface area contributed by atoms with E-state index in [4.69, 9.17) is 0 Å². The van der Waals surface area contributed by atoms with Crippen LogP contribution >= 0.6 is 0 Å². The molecule has 0 bridgehead atoms. The van der Waals surface area contributed by atoms with Gasteiger partial charge in [0.1, 0.15) is 0 Å². The molecule has 0 saturated heterocycles. The van der Waals surface area contributed by atoms with Crippen LogP contribution in [-0.2, 0) is 6.42 Å². The highest BCUT2D eigenvalue weighted by molar-refractivity contribution is 6.09. The van der Waals surface area contributed by atoms with Gasteiger partial charge in [-0.2, -0.15) is 5.10 Å². The highest BCUT2D eigenvalue weighted by atomic mass is 16.6. The average Bonchev–Trinajstić information content (AvgIpc) is 3.23. The molecule has 3 heterocycles. The van der Waals surface area contributed by atoms with Gasteiger partial charge in [0.25, 0.3) is 11.6 Å². The van der Waals surface area contributed by atoms with Crippen molar-refractivity contribution in [2.24, 2.45) is 0 Å². The molecule has 4 rings (SSSR count). The minimum atomic E-state index is -0.444. The second kappa shape index (κ2) is 6.15. The summed E-state index contributed by atoms with van der Waals surface area (Å²) in [5, 5.41) is 16.2. The monoisotopic (exact) mass is 365 g/mol. The Morgan fingerprint density at radius 2 is 2.07 bits per heavy atom. The molecule has 0 radical (unpaired) electrons. The molecule has 0 atom stereocenters. The Labute approximate surface area is 155 Å². The number of benzene rings is 1. The number of nitro benzene ring substituents is 1. The smallest absolute Gasteiger partial charge is 0.271 e. The van der Waals surface area contributed by atoms with Crippen LogP contribution in [0.5, 0.6) is 0 Å². The van der Waals surface area contributed by atoms with E-state index in [1.54, 1.807) is 30.2 Å². The number of pyridine rings is 1. The van der Waals surface area contributed by atoms with Gasteiger partial charge in [-0.15, -0.1) is 0 Å². The number of nitro groups is 1. The van der Waals surface area contributed by atoms with Gasteiger partial charge in [0.15, 0.2) is 5.65 Å². The molecule has 8 heteroatoms. The summed E-state index contributed by atoms with van der Waals surface area (Å²) in [5.41, 5.74) is 3.38. The Kier molecular flexibility index (Phi) is 3.91. The molecule has 3 aromatic rings. The topological polar surface area (TPSA) is 94.2 Å². The fraction of sp³-hybridized carbons (Fsp3) is 0.316. The van der Waals surface area contributed by atoms with Gasteiger partial charge in [-0.3, -0.25) is 14.9 Å². The summed E-state index contributed by atoms with van der Waals surface area (Å²) in [5.74, 6) is -0.196. The standard InChI is InChI=1S/C19H19N5O3/c1-11(2)23-18-14(10-20-23)8-16(12(3)21-18)19(25)22-7-6-13-4-5-15(24(26)27)9-17(13)22/h4-5,8-11H,6-7H2,1-3H3. The summed E-state index contributed by atoms with van der Waals surface area (Å²) in [6.45, 7) is 6.35. The Morgan fingerprint density at radius 3 is 2.78 bits per heavy atom. The van der Waals surface area contributed by atoms with Crippen LogP contribution in [0, 0.1) is 17.0 Å². The Hall–Kier alpha value is -3.29. The number of rotatable bonds is 3. The van der Waals surface area contributed by atoms with Gasteiger partial charge in [0.2, 0.25) is 0 Å². The predicted octanol–water partition coefficient (Wildman–Crippen LogP) is 3.43. The third kappa shape index (κ3) is 2.73. The lowest BCUT2D eigenvalue weighted by atomic mass is 10.1. The second-order valence-electron chi connectivity index (χ2n) is 6.99. The van der Waals surface area contributed by atoms with Crippen molar-refractivity contribution in [3.8, 4) is 0 Å². The van der Waals surface area contributed by atoms with Crippen molar-refractivity contribution in [3.05, 3.63) is 57.4 Å². The third-order valence-corrected chi connectivity index (χ3v) is 4.90. The van der Waals surface area contributed by atoms with E-state index in [1.165, 1.54) is 12.1 Å². The van der Waals surface area contributed by atoms with E-state index in [9.17, 15) is 14.9 Å². The summed E-state index contributed by atoms with van der Waals surface area (Å²) >= 11 is 0. The maximum absolute atomic E-state index is 13.2. The highest BCUT2D eigenvalue weighted by Crippen LogP contribution is 2.33. The molecule has 138 valence electrons. The molecule has 0 saturated carbocycles. The Balaban J connectivity index is 1.76. The van der Waals surface area contributed by atoms with Crippen molar-refractivity contribution in [2.75, 3.05) is 11.4 Å². The van der Waals surface area contributed by atoms with Gasteiger partial charge in [-0.1, -0.05) is 6.07 Å². The fourth-order valence-electron chi connectivity index (χ4n) is 3.50. The van der Waals surface area contributed by atoms with Crippen molar-refractivity contribution in [1.29, 1.82) is 0 Å². The second-order valence-corrected chi connectivity index (χ2v) is 6.99. The number of fused-ring (bicyclic) bond motifs is 2. The molecule has 1 aliphatic rings. The number of aromatic nitrogens is 3. The molecule has 0 fully saturated rings. The minimum Gasteiger partial charge on any atom is -0.307 e. The van der Waals surface area contributed by atoms with Crippen LogP contribution in [0.1, 0.15) is 41.5 Å². The molecular weight excluding hydrogens is 346 g/mol. The highest BCUT2D eigenvalue weighted by Gasteiger charge is 2.29. The Morgan fingerprint density at radius 1 is 1.30 bits per heavy atom. The van der Waals surface area contributed by atoms with E-state index in [-0.39, 0.29) is 17.6 Å². The molecule has 1 aliphatic heterocycles. The van der Waals surface area contributed by atoms with E-state index in [0.29, 0.717) is 29.9 Å². The first-order valence-corrected chi connectivity index (χ1v) is 8.81. The summed E-state index contributed by atoms with van der Waals surface area (Å²) in [6.07, 6.45) is 2.39. The number of aryl methyl sites for hydroxylation is 1. The zero-order valence-corrected chi connectivity index (χ0v) is 15.3. The summed E-state index contributed by atoms with van der Waals surface area (Å²) in [4.78, 5) is 30.0. The molecule has 0 N–H and O–H groups in total. The number of hydrogen-bond acceptors (Lipinski definition) is 5. The molecule has 1 aromatic carbocycles. The van der Waals surface area contributed by atoms with Crippen LogP contribution in [0.2, 0.25) is 0 Å². The van der Waals surface area contributed by atoms with E-state index in [2.05, 4.69) is 10.1 Å².